The van der Waals surface area contributed by atoms with Gasteiger partial charge in [0.15, 0.2) is 0 Å². The van der Waals surface area contributed by atoms with Crippen LogP contribution < -0.4 is 4.90 Å². The standard InChI is InChI=1S/C9H13N.O2S/c1-8-5-4-6-9(7-8)10(2)3;1-3-2/h4-7H,1-3H3;. The van der Waals surface area contributed by atoms with Crippen LogP contribution in [-0.4, -0.2) is 22.5 Å². The van der Waals surface area contributed by atoms with Crippen LogP contribution in [0.4, 0.5) is 5.69 Å². The van der Waals surface area contributed by atoms with E-state index in [0.29, 0.717) is 0 Å². The van der Waals surface area contributed by atoms with Crippen LogP contribution in [0.25, 0.3) is 0 Å². The minimum Gasteiger partial charge on any atom is -0.378 e. The number of hydrogen-bond acceptors (Lipinski definition) is 3. The van der Waals surface area contributed by atoms with Gasteiger partial charge in [0.05, 0.1) is 0 Å². The third-order valence-corrected chi connectivity index (χ3v) is 1.52. The Morgan fingerprint density at radius 3 is 2.08 bits per heavy atom. The van der Waals surface area contributed by atoms with Gasteiger partial charge in [-0.25, -0.2) is 0 Å². The summed E-state index contributed by atoms with van der Waals surface area (Å²) in [5.41, 5.74) is 2.58. The molecule has 1 aromatic carbocycles. The second-order valence-corrected chi connectivity index (χ2v) is 2.94. The normalized spacial score (nSPS) is 8.23. The lowest BCUT2D eigenvalue weighted by atomic mass is 10.2. The van der Waals surface area contributed by atoms with E-state index in [1.54, 1.807) is 0 Å². The van der Waals surface area contributed by atoms with Crippen molar-refractivity contribution in [3.63, 3.8) is 0 Å². The monoisotopic (exact) mass is 199 g/mol. The maximum atomic E-state index is 8.29. The zero-order valence-corrected chi connectivity index (χ0v) is 8.80. The van der Waals surface area contributed by atoms with Gasteiger partial charge < -0.3 is 4.90 Å². The summed E-state index contributed by atoms with van der Waals surface area (Å²) < 4.78 is 16.6. The second kappa shape index (κ2) is 6.37. The fourth-order valence-corrected chi connectivity index (χ4v) is 0.906. The van der Waals surface area contributed by atoms with Gasteiger partial charge >= 0.3 is 11.6 Å². The summed E-state index contributed by atoms with van der Waals surface area (Å²) in [6.07, 6.45) is 0. The van der Waals surface area contributed by atoms with Crippen molar-refractivity contribution < 1.29 is 8.42 Å². The van der Waals surface area contributed by atoms with Crippen LogP contribution in [0.5, 0.6) is 0 Å². The number of benzene rings is 1. The molecule has 0 radical (unpaired) electrons. The molecule has 0 amide bonds. The van der Waals surface area contributed by atoms with Crippen LogP contribution in [0.3, 0.4) is 0 Å². The summed E-state index contributed by atoms with van der Waals surface area (Å²) in [7, 11) is 4.10. The van der Waals surface area contributed by atoms with Crippen LogP contribution >= 0.6 is 0 Å². The first-order chi connectivity index (χ1) is 6.11. The minimum absolute atomic E-state index is 0.750. The zero-order valence-electron chi connectivity index (χ0n) is 7.98. The van der Waals surface area contributed by atoms with Crippen LogP contribution in [0.1, 0.15) is 5.56 Å². The van der Waals surface area contributed by atoms with E-state index in [4.69, 9.17) is 8.42 Å². The quantitative estimate of drug-likeness (QED) is 0.686. The molecule has 0 saturated carbocycles. The van der Waals surface area contributed by atoms with Gasteiger partial charge in [0.2, 0.25) is 0 Å². The maximum Gasteiger partial charge on any atom is 0.335 e. The summed E-state index contributed by atoms with van der Waals surface area (Å²) in [4.78, 5) is 2.10. The summed E-state index contributed by atoms with van der Waals surface area (Å²) in [6.45, 7) is 2.10. The molecule has 0 aliphatic carbocycles. The zero-order chi connectivity index (χ0) is 10.3. The van der Waals surface area contributed by atoms with Gasteiger partial charge in [-0.1, -0.05) is 12.1 Å². The van der Waals surface area contributed by atoms with E-state index in [2.05, 4.69) is 50.2 Å². The molecular weight excluding hydrogens is 186 g/mol. The van der Waals surface area contributed by atoms with Gasteiger partial charge in [-0.2, -0.15) is 8.42 Å². The molecule has 3 nitrogen and oxygen atoms in total. The highest BCUT2D eigenvalue weighted by molar-refractivity contribution is 7.51. The SMILES string of the molecule is Cc1cccc(N(C)C)c1.O=S=O. The van der Waals surface area contributed by atoms with E-state index < -0.39 is 11.6 Å². The maximum absolute atomic E-state index is 8.29. The number of hydrogen-bond donors (Lipinski definition) is 0. The Balaban J connectivity index is 0.000000424. The molecule has 0 bridgehead atoms. The Morgan fingerprint density at radius 1 is 1.23 bits per heavy atom. The average molecular weight is 199 g/mol. The largest absolute Gasteiger partial charge is 0.378 e. The third-order valence-electron chi connectivity index (χ3n) is 1.52. The lowest BCUT2D eigenvalue weighted by Crippen LogP contribution is -2.08. The Morgan fingerprint density at radius 2 is 1.77 bits per heavy atom. The van der Waals surface area contributed by atoms with Crippen LogP contribution in [0, 0.1) is 6.92 Å². The van der Waals surface area contributed by atoms with E-state index >= 15 is 0 Å². The molecule has 0 heterocycles. The second-order valence-electron chi connectivity index (χ2n) is 2.80. The molecule has 4 heteroatoms. The number of aryl methyl sites for hydroxylation is 1. The highest BCUT2D eigenvalue weighted by atomic mass is 32.1. The van der Waals surface area contributed by atoms with E-state index in [1.165, 1.54) is 11.3 Å². The Bertz CT molecular complexity index is 293. The Labute approximate surface area is 82.0 Å². The molecule has 0 N–H and O–H groups in total. The van der Waals surface area contributed by atoms with Crippen molar-refractivity contribution in [2.45, 2.75) is 6.92 Å². The molecule has 0 spiro atoms. The first-order valence-electron chi connectivity index (χ1n) is 3.77. The predicted octanol–water partition coefficient (Wildman–Crippen LogP) is 1.39. The van der Waals surface area contributed by atoms with Gasteiger partial charge in [0.1, 0.15) is 0 Å². The third kappa shape index (κ3) is 5.14. The molecule has 72 valence electrons. The van der Waals surface area contributed by atoms with Crippen molar-refractivity contribution >= 4 is 17.3 Å². The van der Waals surface area contributed by atoms with Gasteiger partial charge in [0, 0.05) is 19.8 Å². The van der Waals surface area contributed by atoms with E-state index in [0.717, 1.165) is 0 Å². The smallest absolute Gasteiger partial charge is 0.335 e. The molecule has 0 aromatic heterocycles. The number of nitrogens with zero attached hydrogens (tertiary/aromatic N) is 1. The average Bonchev–Trinajstić information content (AvgIpc) is 2.05. The lowest BCUT2D eigenvalue weighted by Gasteiger charge is -2.11. The molecule has 0 aliphatic heterocycles. The fourth-order valence-electron chi connectivity index (χ4n) is 0.906. The molecule has 13 heavy (non-hydrogen) atoms. The van der Waals surface area contributed by atoms with Crippen LogP contribution in [0.2, 0.25) is 0 Å². The predicted molar refractivity (Wildman–Crippen MR) is 54.4 cm³/mol. The van der Waals surface area contributed by atoms with Crippen molar-refractivity contribution in [1.29, 1.82) is 0 Å². The minimum atomic E-state index is -0.750. The summed E-state index contributed by atoms with van der Waals surface area (Å²) in [5.74, 6) is 0. The topological polar surface area (TPSA) is 37.4 Å². The first kappa shape index (κ1) is 11.8. The van der Waals surface area contributed by atoms with Crippen molar-refractivity contribution in [2.75, 3.05) is 19.0 Å². The van der Waals surface area contributed by atoms with Crippen molar-refractivity contribution in [3.8, 4) is 0 Å². The van der Waals surface area contributed by atoms with Crippen molar-refractivity contribution in [1.82, 2.24) is 0 Å². The summed E-state index contributed by atoms with van der Waals surface area (Å²) >= 11 is -0.750. The molecule has 1 rings (SSSR count). The van der Waals surface area contributed by atoms with Crippen molar-refractivity contribution in [2.24, 2.45) is 0 Å². The fraction of sp³-hybridized carbons (Fsp3) is 0.333. The molecule has 1 aromatic rings. The molecule has 0 unspecified atom stereocenters. The summed E-state index contributed by atoms with van der Waals surface area (Å²) in [5, 5.41) is 0. The van der Waals surface area contributed by atoms with Crippen LogP contribution in [0.15, 0.2) is 24.3 Å². The highest BCUT2D eigenvalue weighted by Crippen LogP contribution is 2.11. The highest BCUT2D eigenvalue weighted by Gasteiger charge is 1.91. The molecule has 0 aliphatic rings. The number of anilines is 1. The van der Waals surface area contributed by atoms with Gasteiger partial charge in [-0.05, 0) is 24.6 Å². The number of rotatable bonds is 1. The lowest BCUT2D eigenvalue weighted by molar-refractivity contribution is 0.630. The molecular formula is C9H13NO2S. The van der Waals surface area contributed by atoms with Crippen LogP contribution in [-0.2, 0) is 11.6 Å². The van der Waals surface area contributed by atoms with Gasteiger partial charge in [-0.15, -0.1) is 0 Å². The van der Waals surface area contributed by atoms with Gasteiger partial charge in [0.25, 0.3) is 0 Å². The molecule has 0 fully saturated rings. The van der Waals surface area contributed by atoms with Crippen molar-refractivity contribution in [3.05, 3.63) is 29.8 Å². The first-order valence-corrected chi connectivity index (χ1v) is 4.44. The molecule has 0 atom stereocenters. The molecule has 0 saturated heterocycles. The van der Waals surface area contributed by atoms with E-state index in [-0.39, 0.29) is 0 Å². The van der Waals surface area contributed by atoms with Gasteiger partial charge in [-0.3, -0.25) is 0 Å². The Kier molecular flexibility index (Phi) is 5.80. The van der Waals surface area contributed by atoms with E-state index in [9.17, 15) is 0 Å². The Hall–Kier alpha value is -1.16. The van der Waals surface area contributed by atoms with E-state index in [1.807, 2.05) is 0 Å². The summed E-state index contributed by atoms with van der Waals surface area (Å²) in [6, 6.07) is 8.45.